The van der Waals surface area contributed by atoms with Crippen molar-refractivity contribution in [2.24, 2.45) is 0 Å². The maximum absolute atomic E-state index is 12.9. The van der Waals surface area contributed by atoms with E-state index in [9.17, 15) is 14.0 Å². The van der Waals surface area contributed by atoms with Crippen molar-refractivity contribution in [3.8, 4) is 0 Å². The number of rotatable bonds is 7. The van der Waals surface area contributed by atoms with Crippen LogP contribution in [-0.4, -0.2) is 36.1 Å². The number of hydrogen-bond donors (Lipinski definition) is 3. The Balaban J connectivity index is 2.35. The van der Waals surface area contributed by atoms with E-state index in [0.717, 1.165) is 6.07 Å². The Bertz CT molecular complexity index is 465. The molecular weight excluding hydrogens is 263 g/mol. The van der Waals surface area contributed by atoms with E-state index in [0.29, 0.717) is 12.8 Å². The first-order valence-electron chi connectivity index (χ1n) is 6.47. The molecule has 20 heavy (non-hydrogen) atoms. The zero-order chi connectivity index (χ0) is 15.0. The molecule has 0 heterocycles. The quantitative estimate of drug-likeness (QED) is 0.693. The molecule has 3 N–H and O–H groups in total. The maximum Gasteiger partial charge on any atom is 0.251 e. The molecule has 0 aliphatic carbocycles. The minimum Gasteiger partial charge on any atom is -0.396 e. The molecule has 0 spiro atoms. The summed E-state index contributed by atoms with van der Waals surface area (Å²) in [6, 6.07) is 5.19. The largest absolute Gasteiger partial charge is 0.396 e. The van der Waals surface area contributed by atoms with E-state index in [1.807, 2.05) is 6.92 Å². The number of aliphatic hydroxyl groups is 1. The van der Waals surface area contributed by atoms with Crippen LogP contribution in [0.2, 0.25) is 0 Å². The maximum atomic E-state index is 12.9. The van der Waals surface area contributed by atoms with E-state index in [1.165, 1.54) is 18.2 Å². The van der Waals surface area contributed by atoms with Crippen molar-refractivity contribution >= 4 is 11.8 Å². The first-order valence-corrected chi connectivity index (χ1v) is 6.47. The molecule has 0 saturated heterocycles. The molecule has 0 saturated carbocycles. The van der Waals surface area contributed by atoms with Crippen LogP contribution in [-0.2, 0) is 4.79 Å². The highest BCUT2D eigenvalue weighted by molar-refractivity contribution is 5.96. The molecule has 0 aromatic heterocycles. The smallest absolute Gasteiger partial charge is 0.251 e. The fourth-order valence-electron chi connectivity index (χ4n) is 1.69. The number of amides is 2. The van der Waals surface area contributed by atoms with E-state index in [4.69, 9.17) is 5.11 Å². The number of benzene rings is 1. The van der Waals surface area contributed by atoms with Crippen molar-refractivity contribution in [1.29, 1.82) is 0 Å². The minimum atomic E-state index is -0.500. The molecule has 0 radical (unpaired) electrons. The highest BCUT2D eigenvalue weighted by Crippen LogP contribution is 2.02. The monoisotopic (exact) mass is 282 g/mol. The number of carbonyl (C=O) groups excluding carboxylic acids is 2. The van der Waals surface area contributed by atoms with Crippen LogP contribution in [0, 0.1) is 5.82 Å². The van der Waals surface area contributed by atoms with Gasteiger partial charge in [0.1, 0.15) is 5.82 Å². The summed E-state index contributed by atoms with van der Waals surface area (Å²) >= 11 is 0. The number of hydrogen-bond acceptors (Lipinski definition) is 3. The van der Waals surface area contributed by atoms with Crippen LogP contribution < -0.4 is 10.6 Å². The highest BCUT2D eigenvalue weighted by Gasteiger charge is 2.10. The molecule has 5 nitrogen and oxygen atoms in total. The van der Waals surface area contributed by atoms with Gasteiger partial charge in [0.2, 0.25) is 5.91 Å². The predicted octanol–water partition coefficient (Wildman–Crippen LogP) is 0.833. The molecule has 1 aromatic rings. The van der Waals surface area contributed by atoms with Crippen molar-refractivity contribution in [2.75, 3.05) is 13.2 Å². The molecule has 1 aromatic carbocycles. The van der Waals surface area contributed by atoms with Gasteiger partial charge < -0.3 is 15.7 Å². The Kier molecular flexibility index (Phi) is 6.66. The van der Waals surface area contributed by atoms with Gasteiger partial charge in [-0.3, -0.25) is 9.59 Å². The summed E-state index contributed by atoms with van der Waals surface area (Å²) in [6.07, 6.45) is 1.27. The molecule has 6 heteroatoms. The third-order valence-electron chi connectivity index (χ3n) is 2.70. The Hall–Kier alpha value is -1.95. The second kappa shape index (κ2) is 8.27. The molecule has 1 unspecified atom stereocenters. The van der Waals surface area contributed by atoms with Crippen LogP contribution in [0.25, 0.3) is 0 Å². The van der Waals surface area contributed by atoms with Crippen molar-refractivity contribution in [3.05, 3.63) is 35.6 Å². The minimum absolute atomic E-state index is 0.0688. The molecule has 0 aliphatic rings. The summed E-state index contributed by atoms with van der Waals surface area (Å²) in [5.41, 5.74) is 0.172. The lowest BCUT2D eigenvalue weighted by Gasteiger charge is -2.13. The molecule has 2 amide bonds. The normalized spacial score (nSPS) is 11.8. The van der Waals surface area contributed by atoms with Crippen molar-refractivity contribution in [2.45, 2.75) is 25.8 Å². The van der Waals surface area contributed by atoms with Gasteiger partial charge in [0.25, 0.3) is 5.91 Å². The van der Waals surface area contributed by atoms with E-state index in [-0.39, 0.29) is 30.7 Å². The summed E-state index contributed by atoms with van der Waals surface area (Å²) in [4.78, 5) is 23.2. The summed E-state index contributed by atoms with van der Waals surface area (Å²) < 4.78 is 12.9. The van der Waals surface area contributed by atoms with Crippen LogP contribution in [0.5, 0.6) is 0 Å². The van der Waals surface area contributed by atoms with Gasteiger partial charge in [0.05, 0.1) is 6.54 Å². The van der Waals surface area contributed by atoms with Crippen LogP contribution >= 0.6 is 0 Å². The van der Waals surface area contributed by atoms with Crippen molar-refractivity contribution in [1.82, 2.24) is 10.6 Å². The second-order valence-electron chi connectivity index (χ2n) is 4.53. The highest BCUT2D eigenvalue weighted by atomic mass is 19.1. The predicted molar refractivity (Wildman–Crippen MR) is 72.7 cm³/mol. The molecule has 1 rings (SSSR count). The van der Waals surface area contributed by atoms with E-state index >= 15 is 0 Å². The molecular formula is C14H19FN2O3. The fourth-order valence-corrected chi connectivity index (χ4v) is 1.69. The average molecular weight is 282 g/mol. The van der Waals surface area contributed by atoms with Gasteiger partial charge in [-0.25, -0.2) is 4.39 Å². The Labute approximate surface area is 117 Å². The van der Waals surface area contributed by atoms with Crippen LogP contribution in [0.4, 0.5) is 4.39 Å². The lowest BCUT2D eigenvalue weighted by molar-refractivity contribution is -0.120. The van der Waals surface area contributed by atoms with Gasteiger partial charge >= 0.3 is 0 Å². The number of aliphatic hydroxyl groups excluding tert-OH is 1. The second-order valence-corrected chi connectivity index (χ2v) is 4.53. The Morgan fingerprint density at radius 1 is 1.40 bits per heavy atom. The van der Waals surface area contributed by atoms with Crippen LogP contribution in [0.3, 0.4) is 0 Å². The van der Waals surface area contributed by atoms with Crippen LogP contribution in [0.1, 0.15) is 30.1 Å². The van der Waals surface area contributed by atoms with Gasteiger partial charge in [0, 0.05) is 18.2 Å². The zero-order valence-electron chi connectivity index (χ0n) is 11.4. The SMILES string of the molecule is CC(CCCO)NC(=O)CNC(=O)c1cccc(F)c1. The Morgan fingerprint density at radius 2 is 2.15 bits per heavy atom. The standard InChI is InChI=1S/C14H19FN2O3/c1-10(4-3-7-18)17-13(19)9-16-14(20)11-5-2-6-12(15)8-11/h2,5-6,8,10,18H,3-4,7,9H2,1H3,(H,16,20)(H,17,19). The zero-order valence-corrected chi connectivity index (χ0v) is 11.4. The lowest BCUT2D eigenvalue weighted by Crippen LogP contribution is -2.40. The van der Waals surface area contributed by atoms with Gasteiger partial charge in [-0.2, -0.15) is 0 Å². The Morgan fingerprint density at radius 3 is 2.80 bits per heavy atom. The summed E-state index contributed by atoms with van der Waals surface area (Å²) in [6.45, 7) is 1.73. The van der Waals surface area contributed by atoms with Gasteiger partial charge in [-0.1, -0.05) is 6.07 Å². The van der Waals surface area contributed by atoms with E-state index in [1.54, 1.807) is 0 Å². The number of nitrogens with one attached hydrogen (secondary N) is 2. The molecule has 0 bridgehead atoms. The number of carbonyl (C=O) groups is 2. The molecule has 1 atom stereocenters. The first-order chi connectivity index (χ1) is 9.52. The van der Waals surface area contributed by atoms with E-state index < -0.39 is 11.7 Å². The number of halogens is 1. The third kappa shape index (κ3) is 5.79. The van der Waals surface area contributed by atoms with E-state index in [2.05, 4.69) is 10.6 Å². The summed E-state index contributed by atoms with van der Waals surface area (Å²) in [5.74, 6) is -1.32. The average Bonchev–Trinajstić information content (AvgIpc) is 2.42. The fraction of sp³-hybridized carbons (Fsp3) is 0.429. The van der Waals surface area contributed by atoms with Gasteiger partial charge in [-0.15, -0.1) is 0 Å². The summed E-state index contributed by atoms with van der Waals surface area (Å²) in [7, 11) is 0. The van der Waals surface area contributed by atoms with Gasteiger partial charge in [0.15, 0.2) is 0 Å². The molecule has 0 aliphatic heterocycles. The first kappa shape index (κ1) is 16.1. The lowest BCUT2D eigenvalue weighted by atomic mass is 10.2. The van der Waals surface area contributed by atoms with Crippen LogP contribution in [0.15, 0.2) is 24.3 Å². The van der Waals surface area contributed by atoms with Crippen molar-refractivity contribution < 1.29 is 19.1 Å². The third-order valence-corrected chi connectivity index (χ3v) is 2.70. The summed E-state index contributed by atoms with van der Waals surface area (Å²) in [5, 5.41) is 13.8. The van der Waals surface area contributed by atoms with Crippen molar-refractivity contribution in [3.63, 3.8) is 0 Å². The molecule has 110 valence electrons. The topological polar surface area (TPSA) is 78.4 Å². The van der Waals surface area contributed by atoms with Gasteiger partial charge in [-0.05, 0) is 38.0 Å². The molecule has 0 fully saturated rings.